The zero-order chi connectivity index (χ0) is 14.1. The Bertz CT molecular complexity index is 587. The first kappa shape index (κ1) is 13.5. The van der Waals surface area contributed by atoms with Gasteiger partial charge < -0.3 is 9.80 Å². The molecule has 3 rings (SSSR count). The van der Waals surface area contributed by atoms with E-state index in [9.17, 15) is 0 Å². The maximum absolute atomic E-state index is 5.92. The lowest BCUT2D eigenvalue weighted by Gasteiger charge is -2.35. The molecule has 0 saturated carbocycles. The van der Waals surface area contributed by atoms with Gasteiger partial charge in [0.05, 0.1) is 0 Å². The summed E-state index contributed by atoms with van der Waals surface area (Å²) in [4.78, 5) is 12.9. The molecule has 0 radical (unpaired) electrons. The van der Waals surface area contributed by atoms with E-state index >= 15 is 0 Å². The van der Waals surface area contributed by atoms with Crippen LogP contribution in [0.4, 0.5) is 10.9 Å². The number of hydrogen-bond acceptors (Lipinski definition) is 7. The maximum Gasteiger partial charge on any atom is 0.224 e. The second-order valence-electron chi connectivity index (χ2n) is 4.71. The second-order valence-corrected chi connectivity index (χ2v) is 6.21. The van der Waals surface area contributed by atoms with Gasteiger partial charge in [0.25, 0.3) is 0 Å². The number of anilines is 2. The molecule has 8 heteroatoms. The minimum absolute atomic E-state index is 0.308. The Kier molecular flexibility index (Phi) is 3.71. The molecule has 0 aliphatic carbocycles. The van der Waals surface area contributed by atoms with Gasteiger partial charge in [0.1, 0.15) is 10.8 Å². The highest BCUT2D eigenvalue weighted by molar-refractivity contribution is 7.15. The monoisotopic (exact) mass is 310 g/mol. The second kappa shape index (κ2) is 5.49. The summed E-state index contributed by atoms with van der Waals surface area (Å²) in [5, 5.41) is 10.6. The van der Waals surface area contributed by atoms with Crippen molar-refractivity contribution < 1.29 is 0 Å². The van der Waals surface area contributed by atoms with E-state index in [0.29, 0.717) is 5.28 Å². The molecule has 0 aromatic carbocycles. The van der Waals surface area contributed by atoms with Crippen molar-refractivity contribution in [1.29, 1.82) is 0 Å². The van der Waals surface area contributed by atoms with E-state index in [1.807, 2.05) is 19.9 Å². The average Bonchev–Trinajstić information content (AvgIpc) is 2.84. The van der Waals surface area contributed by atoms with E-state index in [4.69, 9.17) is 11.6 Å². The SMILES string of the molecule is Cc1cc(N2CCN(c3nnc(C)s3)CC2)nc(Cl)n1. The number of nitrogens with zero attached hydrogens (tertiary/aromatic N) is 6. The largest absolute Gasteiger partial charge is 0.353 e. The number of hydrogen-bond donors (Lipinski definition) is 0. The van der Waals surface area contributed by atoms with Crippen LogP contribution in [-0.2, 0) is 0 Å². The van der Waals surface area contributed by atoms with Crippen LogP contribution in [0.1, 0.15) is 10.7 Å². The highest BCUT2D eigenvalue weighted by atomic mass is 35.5. The number of piperazine rings is 1. The summed E-state index contributed by atoms with van der Waals surface area (Å²) in [6.45, 7) is 7.52. The number of rotatable bonds is 2. The third-order valence-electron chi connectivity index (χ3n) is 3.20. The quantitative estimate of drug-likeness (QED) is 0.790. The Morgan fingerprint density at radius 3 is 2.35 bits per heavy atom. The Balaban J connectivity index is 1.69. The van der Waals surface area contributed by atoms with Gasteiger partial charge in [0, 0.05) is 37.9 Å². The Morgan fingerprint density at radius 1 is 1.05 bits per heavy atom. The van der Waals surface area contributed by atoms with Crippen LogP contribution in [0.2, 0.25) is 5.28 Å². The molecule has 0 atom stereocenters. The molecule has 0 unspecified atom stereocenters. The van der Waals surface area contributed by atoms with Gasteiger partial charge in [-0.3, -0.25) is 0 Å². The molecule has 6 nitrogen and oxygen atoms in total. The van der Waals surface area contributed by atoms with Gasteiger partial charge >= 0.3 is 0 Å². The van der Waals surface area contributed by atoms with Crippen molar-refractivity contribution in [2.45, 2.75) is 13.8 Å². The van der Waals surface area contributed by atoms with Crippen LogP contribution in [0.25, 0.3) is 0 Å². The van der Waals surface area contributed by atoms with Crippen LogP contribution in [0.5, 0.6) is 0 Å². The van der Waals surface area contributed by atoms with Crippen molar-refractivity contribution in [3.63, 3.8) is 0 Å². The van der Waals surface area contributed by atoms with E-state index < -0.39 is 0 Å². The van der Waals surface area contributed by atoms with Crippen molar-refractivity contribution >= 4 is 33.9 Å². The van der Waals surface area contributed by atoms with Gasteiger partial charge in [0.2, 0.25) is 10.4 Å². The molecule has 2 aromatic heterocycles. The van der Waals surface area contributed by atoms with Gasteiger partial charge in [0.15, 0.2) is 0 Å². The lowest BCUT2D eigenvalue weighted by atomic mass is 10.3. The fraction of sp³-hybridized carbons (Fsp3) is 0.500. The standard InChI is InChI=1S/C12H15ClN6S/c1-8-7-10(15-11(13)14-8)18-3-5-19(6-4-18)12-17-16-9(2)20-12/h7H,3-6H2,1-2H3. The van der Waals surface area contributed by atoms with Gasteiger partial charge in [-0.1, -0.05) is 11.3 Å². The van der Waals surface area contributed by atoms with Crippen LogP contribution in [0.15, 0.2) is 6.07 Å². The molecule has 3 heterocycles. The molecule has 0 N–H and O–H groups in total. The first-order chi connectivity index (χ1) is 9.61. The minimum Gasteiger partial charge on any atom is -0.353 e. The van der Waals surface area contributed by atoms with Crippen molar-refractivity contribution in [1.82, 2.24) is 20.2 Å². The van der Waals surface area contributed by atoms with Crippen LogP contribution in [-0.4, -0.2) is 46.3 Å². The van der Waals surface area contributed by atoms with Crippen LogP contribution >= 0.6 is 22.9 Å². The van der Waals surface area contributed by atoms with Crippen molar-refractivity contribution in [2.75, 3.05) is 36.0 Å². The molecular weight excluding hydrogens is 296 g/mol. The van der Waals surface area contributed by atoms with E-state index in [1.165, 1.54) is 0 Å². The van der Waals surface area contributed by atoms with Gasteiger partial charge in [-0.05, 0) is 25.4 Å². The summed E-state index contributed by atoms with van der Waals surface area (Å²) >= 11 is 7.56. The molecule has 1 aliphatic rings. The molecule has 1 fully saturated rings. The van der Waals surface area contributed by atoms with Crippen LogP contribution in [0, 0.1) is 13.8 Å². The van der Waals surface area contributed by atoms with E-state index in [0.717, 1.165) is 47.8 Å². The van der Waals surface area contributed by atoms with Gasteiger partial charge in [-0.15, -0.1) is 10.2 Å². The highest BCUT2D eigenvalue weighted by Crippen LogP contribution is 2.23. The summed E-state index contributed by atoms with van der Waals surface area (Å²) in [5.74, 6) is 0.899. The summed E-state index contributed by atoms with van der Waals surface area (Å²) in [5.41, 5.74) is 0.891. The van der Waals surface area contributed by atoms with Crippen molar-refractivity contribution in [3.05, 3.63) is 22.1 Å². The van der Waals surface area contributed by atoms with E-state index in [2.05, 4.69) is 30.0 Å². The minimum atomic E-state index is 0.308. The topological polar surface area (TPSA) is 58.0 Å². The molecule has 1 saturated heterocycles. The smallest absolute Gasteiger partial charge is 0.224 e. The van der Waals surface area contributed by atoms with Crippen molar-refractivity contribution in [3.8, 4) is 0 Å². The van der Waals surface area contributed by atoms with Crippen molar-refractivity contribution in [2.24, 2.45) is 0 Å². The fourth-order valence-corrected chi connectivity index (χ4v) is 3.18. The van der Waals surface area contributed by atoms with E-state index in [1.54, 1.807) is 11.3 Å². The fourth-order valence-electron chi connectivity index (χ4n) is 2.22. The first-order valence-corrected chi connectivity index (χ1v) is 7.62. The van der Waals surface area contributed by atoms with Gasteiger partial charge in [-0.25, -0.2) is 9.97 Å². The summed E-state index contributed by atoms with van der Waals surface area (Å²) in [6, 6.07) is 1.97. The zero-order valence-electron chi connectivity index (χ0n) is 11.4. The number of aryl methyl sites for hydroxylation is 2. The Labute approximate surface area is 126 Å². The number of halogens is 1. The summed E-state index contributed by atoms with van der Waals surface area (Å²) in [6.07, 6.45) is 0. The zero-order valence-corrected chi connectivity index (χ0v) is 12.9. The molecule has 2 aromatic rings. The molecule has 0 amide bonds. The third-order valence-corrected chi connectivity index (χ3v) is 4.27. The normalized spacial score (nSPS) is 15.8. The maximum atomic E-state index is 5.92. The lowest BCUT2D eigenvalue weighted by Crippen LogP contribution is -2.46. The molecular formula is C12H15ClN6S. The molecule has 20 heavy (non-hydrogen) atoms. The number of aromatic nitrogens is 4. The lowest BCUT2D eigenvalue weighted by molar-refractivity contribution is 0.642. The predicted octanol–water partition coefficient (Wildman–Crippen LogP) is 1.92. The first-order valence-electron chi connectivity index (χ1n) is 6.43. The average molecular weight is 311 g/mol. The third kappa shape index (κ3) is 2.83. The highest BCUT2D eigenvalue weighted by Gasteiger charge is 2.21. The molecule has 0 bridgehead atoms. The summed E-state index contributed by atoms with van der Waals surface area (Å²) in [7, 11) is 0. The summed E-state index contributed by atoms with van der Waals surface area (Å²) < 4.78 is 0. The Hall–Kier alpha value is -1.47. The molecule has 1 aliphatic heterocycles. The molecule has 106 valence electrons. The predicted molar refractivity (Wildman–Crippen MR) is 80.9 cm³/mol. The Morgan fingerprint density at radius 2 is 1.75 bits per heavy atom. The van der Waals surface area contributed by atoms with Gasteiger partial charge in [-0.2, -0.15) is 0 Å². The van der Waals surface area contributed by atoms with Crippen LogP contribution in [0.3, 0.4) is 0 Å². The molecule has 0 spiro atoms. The van der Waals surface area contributed by atoms with Crippen LogP contribution < -0.4 is 9.80 Å². The van der Waals surface area contributed by atoms with E-state index in [-0.39, 0.29) is 0 Å².